The molecule has 0 bridgehead atoms. The van der Waals surface area contributed by atoms with Crippen molar-refractivity contribution in [1.82, 2.24) is 15.3 Å². The van der Waals surface area contributed by atoms with E-state index in [2.05, 4.69) is 27.4 Å². The molecule has 1 saturated carbocycles. The van der Waals surface area contributed by atoms with Crippen molar-refractivity contribution in [1.29, 1.82) is 0 Å². The van der Waals surface area contributed by atoms with Crippen molar-refractivity contribution in [3.8, 4) is 0 Å². The number of carbonyl (C=O) groups excluding carboxylic acids is 1. The van der Waals surface area contributed by atoms with Gasteiger partial charge in [-0.1, -0.05) is 30.3 Å². The smallest absolute Gasteiger partial charge is 0.255 e. The van der Waals surface area contributed by atoms with Crippen LogP contribution in [-0.2, 0) is 11.3 Å². The third-order valence-corrected chi connectivity index (χ3v) is 4.69. The molecule has 0 saturated heterocycles. The van der Waals surface area contributed by atoms with E-state index in [4.69, 9.17) is 4.74 Å². The Hall–Kier alpha value is -2.47. The summed E-state index contributed by atoms with van der Waals surface area (Å²) in [5.74, 6) is 0.469. The first-order valence-electron chi connectivity index (χ1n) is 9.02. The van der Waals surface area contributed by atoms with E-state index >= 15 is 0 Å². The number of aryl methyl sites for hydroxylation is 1. The number of benzene rings is 1. The number of hydrogen-bond acceptors (Lipinski definition) is 5. The van der Waals surface area contributed by atoms with E-state index in [9.17, 15) is 4.79 Å². The second kappa shape index (κ2) is 8.27. The van der Waals surface area contributed by atoms with Crippen LogP contribution in [0.1, 0.15) is 40.9 Å². The molecule has 26 heavy (non-hydrogen) atoms. The summed E-state index contributed by atoms with van der Waals surface area (Å²) < 4.78 is 6.07. The lowest BCUT2D eigenvalue weighted by atomic mass is 10.1. The second-order valence-corrected chi connectivity index (χ2v) is 6.91. The molecule has 0 aliphatic heterocycles. The molecule has 0 radical (unpaired) electrons. The first kappa shape index (κ1) is 18.3. The van der Waals surface area contributed by atoms with Gasteiger partial charge in [0.2, 0.25) is 5.95 Å². The van der Waals surface area contributed by atoms with Gasteiger partial charge >= 0.3 is 0 Å². The van der Waals surface area contributed by atoms with Gasteiger partial charge in [0.1, 0.15) is 0 Å². The maximum absolute atomic E-state index is 12.7. The number of nitrogens with one attached hydrogen (secondary N) is 1. The zero-order valence-electron chi connectivity index (χ0n) is 15.6. The van der Waals surface area contributed by atoms with Crippen LogP contribution in [0.25, 0.3) is 0 Å². The van der Waals surface area contributed by atoms with Crippen LogP contribution in [0.4, 0.5) is 5.95 Å². The number of rotatable bonds is 6. The Labute approximate surface area is 154 Å². The Kier molecular flexibility index (Phi) is 5.83. The topological polar surface area (TPSA) is 67.4 Å². The van der Waals surface area contributed by atoms with Crippen LogP contribution in [0.3, 0.4) is 0 Å². The minimum absolute atomic E-state index is 0.0270. The summed E-state index contributed by atoms with van der Waals surface area (Å²) in [6.07, 6.45) is 4.59. The van der Waals surface area contributed by atoms with Crippen molar-refractivity contribution in [3.63, 3.8) is 0 Å². The monoisotopic (exact) mass is 354 g/mol. The Bertz CT molecular complexity index is 749. The highest BCUT2D eigenvalue weighted by Gasteiger charge is 2.30. The highest BCUT2D eigenvalue weighted by molar-refractivity contribution is 5.95. The van der Waals surface area contributed by atoms with E-state index in [1.807, 2.05) is 44.1 Å². The molecule has 1 aromatic heterocycles. The normalized spacial score (nSPS) is 19.3. The molecule has 2 atom stereocenters. The number of ether oxygens (including phenoxy) is 1. The van der Waals surface area contributed by atoms with E-state index in [0.717, 1.165) is 24.8 Å². The molecule has 1 aromatic carbocycles. The van der Waals surface area contributed by atoms with Crippen molar-refractivity contribution in [2.45, 2.75) is 44.9 Å². The molecule has 0 spiro atoms. The van der Waals surface area contributed by atoms with Gasteiger partial charge in [0.25, 0.3) is 5.91 Å². The van der Waals surface area contributed by atoms with Crippen LogP contribution in [0, 0.1) is 6.92 Å². The van der Waals surface area contributed by atoms with Gasteiger partial charge in [0, 0.05) is 20.3 Å². The number of amides is 1. The van der Waals surface area contributed by atoms with Gasteiger partial charge in [-0.2, -0.15) is 0 Å². The van der Waals surface area contributed by atoms with Crippen molar-refractivity contribution in [2.24, 2.45) is 0 Å². The fourth-order valence-electron chi connectivity index (χ4n) is 3.21. The van der Waals surface area contributed by atoms with Crippen molar-refractivity contribution in [2.75, 3.05) is 19.0 Å². The summed E-state index contributed by atoms with van der Waals surface area (Å²) in [7, 11) is 3.75. The summed E-state index contributed by atoms with van der Waals surface area (Å²) in [6, 6.07) is 10.1. The standard InChI is InChI=1S/C20H26N4O2/c1-14-16(12-21-20(22-14)24(2)3)19(25)23-17-10-7-11-18(17)26-13-15-8-5-4-6-9-15/h4-6,8-9,12,17-18H,7,10-11,13H2,1-3H3,(H,23,25)/t17-,18-/m1/s1. The third-order valence-electron chi connectivity index (χ3n) is 4.69. The van der Waals surface area contributed by atoms with Crippen LogP contribution in [-0.4, -0.2) is 42.1 Å². The lowest BCUT2D eigenvalue weighted by Crippen LogP contribution is -2.41. The molecule has 6 nitrogen and oxygen atoms in total. The highest BCUT2D eigenvalue weighted by atomic mass is 16.5. The van der Waals surface area contributed by atoms with Gasteiger partial charge in [0.05, 0.1) is 30.0 Å². The van der Waals surface area contributed by atoms with Crippen LogP contribution < -0.4 is 10.2 Å². The largest absolute Gasteiger partial charge is 0.371 e. The third kappa shape index (κ3) is 4.38. The minimum atomic E-state index is -0.131. The van der Waals surface area contributed by atoms with Crippen molar-refractivity contribution >= 4 is 11.9 Å². The zero-order chi connectivity index (χ0) is 18.5. The van der Waals surface area contributed by atoms with Crippen LogP contribution in [0.15, 0.2) is 36.5 Å². The molecular formula is C20H26N4O2. The number of aromatic nitrogens is 2. The molecule has 2 aromatic rings. The Morgan fingerprint density at radius 1 is 1.27 bits per heavy atom. The van der Waals surface area contributed by atoms with Gasteiger partial charge in [-0.3, -0.25) is 4.79 Å². The molecule has 0 unspecified atom stereocenters. The predicted octanol–water partition coefficient (Wildman–Crippen LogP) is 2.72. The molecule has 1 amide bonds. The van der Waals surface area contributed by atoms with Crippen LogP contribution >= 0.6 is 0 Å². The molecule has 138 valence electrons. The number of anilines is 1. The van der Waals surface area contributed by atoms with Gasteiger partial charge in [-0.25, -0.2) is 9.97 Å². The summed E-state index contributed by atoms with van der Waals surface area (Å²) >= 11 is 0. The van der Waals surface area contributed by atoms with Crippen LogP contribution in [0.5, 0.6) is 0 Å². The summed E-state index contributed by atoms with van der Waals surface area (Å²) in [6.45, 7) is 2.40. The Morgan fingerprint density at radius 2 is 2.04 bits per heavy atom. The molecular weight excluding hydrogens is 328 g/mol. The molecule has 1 N–H and O–H groups in total. The quantitative estimate of drug-likeness (QED) is 0.864. The number of hydrogen-bond donors (Lipinski definition) is 1. The van der Waals surface area contributed by atoms with Gasteiger partial charge < -0.3 is 15.0 Å². The lowest BCUT2D eigenvalue weighted by molar-refractivity contribution is 0.0272. The maximum atomic E-state index is 12.7. The van der Waals surface area contributed by atoms with Gasteiger partial charge in [-0.15, -0.1) is 0 Å². The van der Waals surface area contributed by atoms with E-state index in [1.165, 1.54) is 0 Å². The maximum Gasteiger partial charge on any atom is 0.255 e. The fourth-order valence-corrected chi connectivity index (χ4v) is 3.21. The Morgan fingerprint density at radius 3 is 2.73 bits per heavy atom. The molecule has 1 aliphatic rings. The van der Waals surface area contributed by atoms with E-state index in [1.54, 1.807) is 6.20 Å². The molecule has 6 heteroatoms. The SMILES string of the molecule is Cc1nc(N(C)C)ncc1C(=O)N[C@@H]1CCC[C@H]1OCc1ccccc1. The molecule has 1 heterocycles. The van der Waals surface area contributed by atoms with Crippen molar-refractivity contribution in [3.05, 3.63) is 53.3 Å². The van der Waals surface area contributed by atoms with E-state index < -0.39 is 0 Å². The summed E-state index contributed by atoms with van der Waals surface area (Å²) in [4.78, 5) is 23.1. The number of nitrogens with zero attached hydrogens (tertiary/aromatic N) is 3. The predicted molar refractivity (Wildman–Crippen MR) is 101 cm³/mol. The summed E-state index contributed by atoms with van der Waals surface area (Å²) in [5.41, 5.74) is 2.35. The zero-order valence-corrected chi connectivity index (χ0v) is 15.6. The number of carbonyl (C=O) groups is 1. The van der Waals surface area contributed by atoms with Crippen LogP contribution in [0.2, 0.25) is 0 Å². The average molecular weight is 354 g/mol. The first-order chi connectivity index (χ1) is 12.5. The van der Waals surface area contributed by atoms with Gasteiger partial charge in [0.15, 0.2) is 0 Å². The average Bonchev–Trinajstić information content (AvgIpc) is 3.07. The highest BCUT2D eigenvalue weighted by Crippen LogP contribution is 2.24. The molecule has 3 rings (SSSR count). The Balaban J connectivity index is 1.61. The second-order valence-electron chi connectivity index (χ2n) is 6.91. The van der Waals surface area contributed by atoms with Crippen molar-refractivity contribution < 1.29 is 9.53 Å². The molecule has 1 fully saturated rings. The minimum Gasteiger partial charge on any atom is -0.371 e. The van der Waals surface area contributed by atoms with Gasteiger partial charge in [-0.05, 0) is 31.7 Å². The summed E-state index contributed by atoms with van der Waals surface area (Å²) in [5, 5.41) is 3.11. The van der Waals surface area contributed by atoms with E-state index in [0.29, 0.717) is 23.8 Å². The fraction of sp³-hybridized carbons (Fsp3) is 0.450. The first-order valence-corrected chi connectivity index (χ1v) is 9.02. The van der Waals surface area contributed by atoms with E-state index in [-0.39, 0.29) is 18.1 Å². The lowest BCUT2D eigenvalue weighted by Gasteiger charge is -2.22. The molecule has 1 aliphatic carbocycles.